The molecule has 0 saturated heterocycles. The van der Waals surface area contributed by atoms with Crippen LogP contribution in [0.15, 0.2) is 58.8 Å². The molecular weight excluding hydrogens is 534 g/mol. The van der Waals surface area contributed by atoms with Crippen LogP contribution in [0.25, 0.3) is 16.9 Å². The number of aromatic hydroxyl groups is 1. The molecule has 1 aromatic heterocycles. The zero-order chi connectivity index (χ0) is 29.2. The molecule has 210 valence electrons. The first-order valence-electron chi connectivity index (χ1n) is 12.9. The van der Waals surface area contributed by atoms with E-state index in [1.54, 1.807) is 30.3 Å². The van der Waals surface area contributed by atoms with Gasteiger partial charge in [0.2, 0.25) is 17.5 Å². The maximum absolute atomic E-state index is 13.6. The van der Waals surface area contributed by atoms with Gasteiger partial charge in [-0.2, -0.15) is 0 Å². The third kappa shape index (κ3) is 3.94. The van der Waals surface area contributed by atoms with E-state index in [0.717, 1.165) is 0 Å². The van der Waals surface area contributed by atoms with Gasteiger partial charge in [0, 0.05) is 23.2 Å². The molecule has 2 unspecified atom stereocenters. The highest BCUT2D eigenvalue weighted by atomic mass is 16.5. The largest absolute Gasteiger partial charge is 0.507 e. The number of aliphatic hydroxyl groups is 3. The highest BCUT2D eigenvalue weighted by molar-refractivity contribution is 6.24. The highest BCUT2D eigenvalue weighted by Gasteiger charge is 2.64. The lowest BCUT2D eigenvalue weighted by atomic mass is 9.56. The lowest BCUT2D eigenvalue weighted by molar-refractivity contribution is -0.174. The van der Waals surface area contributed by atoms with Crippen LogP contribution in [0, 0.1) is 17.8 Å². The summed E-state index contributed by atoms with van der Waals surface area (Å²) in [7, 11) is 0. The summed E-state index contributed by atoms with van der Waals surface area (Å²) in [5, 5.41) is 50.0. The van der Waals surface area contributed by atoms with Gasteiger partial charge in [0.15, 0.2) is 11.4 Å². The average Bonchev–Trinajstić information content (AvgIpc) is 3.47. The Morgan fingerprint density at radius 3 is 2.44 bits per heavy atom. The number of nitrogens with one attached hydrogen (secondary N) is 1. The van der Waals surface area contributed by atoms with E-state index in [2.05, 4.69) is 10.5 Å². The molecule has 5 atom stereocenters. The van der Waals surface area contributed by atoms with Crippen LogP contribution in [0.2, 0.25) is 0 Å². The molecule has 2 aromatic carbocycles. The van der Waals surface area contributed by atoms with Crippen LogP contribution in [0.3, 0.4) is 0 Å². The molecule has 2 amide bonds. The topological polar surface area (TPSA) is 213 Å². The first kappa shape index (κ1) is 26.4. The molecule has 0 radical (unpaired) electrons. The maximum Gasteiger partial charge on any atom is 0.294 e. The van der Waals surface area contributed by atoms with E-state index in [4.69, 9.17) is 10.3 Å². The number of primary amides is 1. The maximum atomic E-state index is 13.6. The Balaban J connectivity index is 1.37. The molecule has 3 aliphatic rings. The van der Waals surface area contributed by atoms with E-state index in [1.165, 1.54) is 18.3 Å². The van der Waals surface area contributed by atoms with Gasteiger partial charge in [0.05, 0.1) is 17.9 Å². The van der Waals surface area contributed by atoms with Crippen LogP contribution >= 0.6 is 0 Å². The Hall–Kier alpha value is -4.81. The smallest absolute Gasteiger partial charge is 0.294 e. The fourth-order valence-electron chi connectivity index (χ4n) is 6.45. The van der Waals surface area contributed by atoms with Crippen molar-refractivity contribution in [3.05, 3.63) is 71.1 Å². The lowest BCUT2D eigenvalue weighted by Crippen LogP contribution is -2.66. The van der Waals surface area contributed by atoms with Crippen molar-refractivity contribution in [3.63, 3.8) is 0 Å². The number of ketones is 2. The monoisotopic (exact) mass is 559 g/mol. The number of hydrogen-bond donors (Lipinski definition) is 6. The molecule has 0 spiro atoms. The number of aliphatic hydroxyl groups excluding tert-OH is 2. The molecule has 2 fully saturated rings. The molecule has 3 aliphatic carbocycles. The zero-order valence-electron chi connectivity index (χ0n) is 21.4. The number of nitrogens with two attached hydrogens (primary N) is 1. The second-order valence-corrected chi connectivity index (χ2v) is 10.6. The van der Waals surface area contributed by atoms with E-state index >= 15 is 0 Å². The third-order valence-electron chi connectivity index (χ3n) is 8.38. The number of hydrogen-bond acceptors (Lipinski definition) is 10. The SMILES string of the molecule is NC(=O)C1C(=O)[C@@]2(O)C(=O)C3=C(O)c4c(O)ccc(-c5ccc(NC(=O)c6ccno6)cc5)c4C[C@H]3C[C@H]2CC1O. The van der Waals surface area contributed by atoms with Gasteiger partial charge in [0.1, 0.15) is 17.4 Å². The number of Topliss-reactive ketones (excluding diaryl/α,β-unsaturated/α-hetero) is 2. The Morgan fingerprint density at radius 1 is 1.05 bits per heavy atom. The van der Waals surface area contributed by atoms with E-state index in [0.29, 0.717) is 22.4 Å². The summed E-state index contributed by atoms with van der Waals surface area (Å²) in [6.45, 7) is 0. The van der Waals surface area contributed by atoms with E-state index in [9.17, 15) is 39.6 Å². The lowest BCUT2D eigenvalue weighted by Gasteiger charge is -2.48. The summed E-state index contributed by atoms with van der Waals surface area (Å²) in [6, 6.07) is 11.3. The second-order valence-electron chi connectivity index (χ2n) is 10.6. The number of fused-ring (bicyclic) bond motifs is 3. The normalized spacial score (nSPS) is 27.1. The predicted octanol–water partition coefficient (Wildman–Crippen LogP) is 1.50. The Kier molecular flexibility index (Phi) is 6.05. The number of amides is 2. The van der Waals surface area contributed by atoms with Crippen molar-refractivity contribution in [1.82, 2.24) is 5.16 Å². The summed E-state index contributed by atoms with van der Waals surface area (Å²) >= 11 is 0. The van der Waals surface area contributed by atoms with Crippen LogP contribution in [-0.2, 0) is 20.8 Å². The Labute approximate surface area is 232 Å². The number of carbonyl (C=O) groups is 4. The highest BCUT2D eigenvalue weighted by Crippen LogP contribution is 2.52. The number of anilines is 1. The minimum absolute atomic E-state index is 0.00148. The molecule has 12 heteroatoms. The summed E-state index contributed by atoms with van der Waals surface area (Å²) < 4.78 is 4.86. The number of rotatable bonds is 4. The number of carbonyl (C=O) groups excluding carboxylic acids is 4. The molecule has 12 nitrogen and oxygen atoms in total. The van der Waals surface area contributed by atoms with Crippen LogP contribution in [-0.4, -0.2) is 60.7 Å². The fraction of sp³-hybridized carbons (Fsp3) is 0.276. The minimum Gasteiger partial charge on any atom is -0.507 e. The van der Waals surface area contributed by atoms with E-state index in [1.807, 2.05) is 0 Å². The van der Waals surface area contributed by atoms with Crippen molar-refractivity contribution >= 4 is 34.8 Å². The summed E-state index contributed by atoms with van der Waals surface area (Å²) in [6.07, 6.45) is -0.0434. The van der Waals surface area contributed by atoms with Gasteiger partial charge in [-0.05, 0) is 60.1 Å². The second kappa shape index (κ2) is 9.39. The van der Waals surface area contributed by atoms with Gasteiger partial charge in [-0.15, -0.1) is 0 Å². The number of phenols is 1. The molecule has 2 saturated carbocycles. The van der Waals surface area contributed by atoms with Crippen molar-refractivity contribution in [2.24, 2.45) is 23.5 Å². The predicted molar refractivity (Wildman–Crippen MR) is 141 cm³/mol. The molecule has 3 aromatic rings. The number of aromatic nitrogens is 1. The fourth-order valence-corrected chi connectivity index (χ4v) is 6.45. The van der Waals surface area contributed by atoms with Crippen molar-refractivity contribution < 1.29 is 44.1 Å². The Morgan fingerprint density at radius 2 is 1.78 bits per heavy atom. The van der Waals surface area contributed by atoms with Gasteiger partial charge in [-0.25, -0.2) is 0 Å². The van der Waals surface area contributed by atoms with Gasteiger partial charge >= 0.3 is 0 Å². The quantitative estimate of drug-likeness (QED) is 0.253. The standard InChI is InChI=1S/C29H25N3O9/c30-27(38)23-19(34)11-14-9-13-10-17-16(12-1-3-15(4-2-12)32-28(39)20-7-8-31-41-20)5-6-18(33)22(17)24(35)21(13)25(36)29(14,40)26(23)37/h1-8,13-14,19,23,33-35,40H,9-11H2,(H2,30,38)(H,32,39)/t13-,14+,19?,23?,29+/m1/s1. The zero-order valence-corrected chi connectivity index (χ0v) is 21.4. The minimum atomic E-state index is -2.63. The van der Waals surface area contributed by atoms with Crippen molar-refractivity contribution in [2.75, 3.05) is 5.32 Å². The van der Waals surface area contributed by atoms with Gasteiger partial charge in [-0.1, -0.05) is 23.4 Å². The van der Waals surface area contributed by atoms with Crippen molar-refractivity contribution in [3.8, 4) is 16.9 Å². The van der Waals surface area contributed by atoms with Crippen molar-refractivity contribution in [2.45, 2.75) is 31.0 Å². The van der Waals surface area contributed by atoms with Crippen LogP contribution in [0.4, 0.5) is 5.69 Å². The van der Waals surface area contributed by atoms with Gasteiger partial charge < -0.3 is 36.0 Å². The van der Waals surface area contributed by atoms with Crippen molar-refractivity contribution in [1.29, 1.82) is 0 Å². The first-order valence-corrected chi connectivity index (χ1v) is 12.9. The molecular formula is C29H25N3O9. The summed E-state index contributed by atoms with van der Waals surface area (Å²) in [5.41, 5.74) is 4.82. The number of phenolic OH excluding ortho intramolecular Hbond substituents is 1. The Bertz CT molecular complexity index is 1640. The van der Waals surface area contributed by atoms with Gasteiger partial charge in [0.25, 0.3) is 5.91 Å². The van der Waals surface area contributed by atoms with E-state index in [-0.39, 0.29) is 41.9 Å². The van der Waals surface area contributed by atoms with E-state index < -0.39 is 58.6 Å². The van der Waals surface area contributed by atoms with Crippen LogP contribution in [0.1, 0.15) is 34.5 Å². The number of benzene rings is 2. The van der Waals surface area contributed by atoms with Crippen LogP contribution in [0.5, 0.6) is 5.75 Å². The third-order valence-corrected chi connectivity index (χ3v) is 8.38. The summed E-state index contributed by atoms with van der Waals surface area (Å²) in [4.78, 5) is 50.9. The van der Waals surface area contributed by atoms with Gasteiger partial charge in [-0.3, -0.25) is 19.2 Å². The average molecular weight is 560 g/mol. The molecule has 7 N–H and O–H groups in total. The number of nitrogens with zero attached hydrogens (tertiary/aromatic N) is 1. The molecule has 1 heterocycles. The summed E-state index contributed by atoms with van der Waals surface area (Å²) in [5.74, 6) is -8.06. The van der Waals surface area contributed by atoms with Crippen LogP contribution < -0.4 is 11.1 Å². The molecule has 41 heavy (non-hydrogen) atoms. The molecule has 0 aliphatic heterocycles. The molecule has 6 rings (SSSR count). The first-order chi connectivity index (χ1) is 19.5. The molecule has 0 bridgehead atoms.